The molecule has 0 atom stereocenters. The summed E-state index contributed by atoms with van der Waals surface area (Å²) in [5, 5.41) is 5.12. The smallest absolute Gasteiger partial charge is 0.281 e. The highest BCUT2D eigenvalue weighted by Gasteiger charge is 2.19. The lowest BCUT2D eigenvalue weighted by atomic mass is 10.0. The van der Waals surface area contributed by atoms with Crippen LogP contribution in [0.15, 0.2) is 47.2 Å². The van der Waals surface area contributed by atoms with Crippen molar-refractivity contribution in [3.05, 3.63) is 48.4 Å². The van der Waals surface area contributed by atoms with E-state index >= 15 is 0 Å². The molecule has 0 spiro atoms. The van der Waals surface area contributed by atoms with E-state index in [-0.39, 0.29) is 0 Å². The molecule has 0 bridgehead atoms. The molecule has 0 amide bonds. The van der Waals surface area contributed by atoms with Crippen LogP contribution in [0, 0.1) is 0 Å². The monoisotopic (exact) mass is 394 g/mol. The molecule has 7 heteroatoms. The Morgan fingerprint density at radius 3 is 3.00 bits per heavy atom. The van der Waals surface area contributed by atoms with Crippen molar-refractivity contribution >= 4 is 32.7 Å². The topological polar surface area (TPSA) is 63.4 Å². The van der Waals surface area contributed by atoms with Gasteiger partial charge in [0, 0.05) is 35.8 Å². The van der Waals surface area contributed by atoms with E-state index in [9.17, 15) is 0 Å². The zero-order valence-corrected chi connectivity index (χ0v) is 16.5. The van der Waals surface area contributed by atoms with Crippen molar-refractivity contribution in [1.82, 2.24) is 20.2 Å². The summed E-state index contributed by atoms with van der Waals surface area (Å²) in [5.41, 5.74) is 2.79. The standard InChI is InChI=1S/C21H22N4O2S/c1-22-15-6-9-25(10-7-15)12-14-13-26-18-11-16(4-5-17(14)18)27-21-24-20-19(28-21)3-2-8-23-20/h2-5,8,11,13,15,22H,6-7,9-10,12H2,1H3. The number of nitrogens with one attached hydrogen (secondary N) is 1. The van der Waals surface area contributed by atoms with Crippen LogP contribution in [-0.4, -0.2) is 41.0 Å². The molecule has 5 rings (SSSR count). The van der Waals surface area contributed by atoms with Crippen molar-refractivity contribution in [2.45, 2.75) is 25.4 Å². The molecule has 144 valence electrons. The lowest BCUT2D eigenvalue weighted by Gasteiger charge is -2.31. The number of hydrogen-bond donors (Lipinski definition) is 1. The van der Waals surface area contributed by atoms with Crippen molar-refractivity contribution in [2.24, 2.45) is 0 Å². The van der Waals surface area contributed by atoms with Crippen LogP contribution < -0.4 is 10.1 Å². The Balaban J connectivity index is 1.32. The van der Waals surface area contributed by atoms with Gasteiger partial charge in [-0.2, -0.15) is 4.98 Å². The Kier molecular flexibility index (Phi) is 4.72. The van der Waals surface area contributed by atoms with Gasteiger partial charge in [-0.15, -0.1) is 0 Å². The van der Waals surface area contributed by atoms with E-state index in [4.69, 9.17) is 9.15 Å². The maximum absolute atomic E-state index is 5.94. The SMILES string of the molecule is CNC1CCN(Cc2coc3cc(Oc4nc5ncccc5s4)ccc23)CC1. The van der Waals surface area contributed by atoms with E-state index in [1.807, 2.05) is 30.5 Å². The molecule has 1 aliphatic rings. The number of thiazole rings is 1. The second kappa shape index (κ2) is 7.50. The third-order valence-corrected chi connectivity index (χ3v) is 6.26. The van der Waals surface area contributed by atoms with E-state index < -0.39 is 0 Å². The second-order valence-electron chi connectivity index (χ2n) is 7.16. The summed E-state index contributed by atoms with van der Waals surface area (Å²) in [6.45, 7) is 3.16. The summed E-state index contributed by atoms with van der Waals surface area (Å²) in [5.74, 6) is 0.724. The zero-order valence-electron chi connectivity index (χ0n) is 15.7. The molecule has 1 fully saturated rings. The van der Waals surface area contributed by atoms with E-state index in [1.54, 1.807) is 6.20 Å². The fourth-order valence-corrected chi connectivity index (χ4v) is 4.56. The van der Waals surface area contributed by atoms with E-state index in [2.05, 4.69) is 33.3 Å². The Bertz CT molecular complexity index is 1070. The van der Waals surface area contributed by atoms with E-state index in [0.29, 0.717) is 16.9 Å². The van der Waals surface area contributed by atoms with Crippen molar-refractivity contribution in [3.8, 4) is 10.9 Å². The highest BCUT2D eigenvalue weighted by molar-refractivity contribution is 7.20. The number of piperidine rings is 1. The molecule has 1 aliphatic heterocycles. The Hall–Kier alpha value is -2.48. The average molecular weight is 395 g/mol. The molecule has 0 radical (unpaired) electrons. The summed E-state index contributed by atoms with van der Waals surface area (Å²) in [4.78, 5) is 11.2. The van der Waals surface area contributed by atoms with Gasteiger partial charge in [-0.3, -0.25) is 4.90 Å². The summed E-state index contributed by atoms with van der Waals surface area (Å²) >= 11 is 1.49. The first kappa shape index (κ1) is 17.6. The predicted molar refractivity (Wildman–Crippen MR) is 111 cm³/mol. The van der Waals surface area contributed by atoms with Gasteiger partial charge in [-0.25, -0.2) is 4.98 Å². The highest BCUT2D eigenvalue weighted by atomic mass is 32.1. The molecular weight excluding hydrogens is 372 g/mol. The normalized spacial score (nSPS) is 16.2. The number of hydrogen-bond acceptors (Lipinski definition) is 7. The van der Waals surface area contributed by atoms with Crippen LogP contribution in [0.2, 0.25) is 0 Å². The van der Waals surface area contributed by atoms with Crippen LogP contribution in [0.3, 0.4) is 0 Å². The molecule has 3 aromatic heterocycles. The van der Waals surface area contributed by atoms with Gasteiger partial charge >= 0.3 is 0 Å². The number of ether oxygens (including phenoxy) is 1. The molecule has 4 aromatic rings. The number of pyridine rings is 1. The molecule has 28 heavy (non-hydrogen) atoms. The maximum Gasteiger partial charge on any atom is 0.281 e. The first-order valence-electron chi connectivity index (χ1n) is 9.57. The minimum Gasteiger partial charge on any atom is -0.464 e. The predicted octanol–water partition coefficient (Wildman–Crippen LogP) is 4.41. The molecule has 1 N–H and O–H groups in total. The highest BCUT2D eigenvalue weighted by Crippen LogP contribution is 2.33. The fraction of sp³-hybridized carbons (Fsp3) is 0.333. The molecule has 6 nitrogen and oxygen atoms in total. The average Bonchev–Trinajstić information content (AvgIpc) is 3.32. The van der Waals surface area contributed by atoms with Crippen molar-refractivity contribution in [2.75, 3.05) is 20.1 Å². The van der Waals surface area contributed by atoms with Gasteiger partial charge in [0.15, 0.2) is 5.65 Å². The van der Waals surface area contributed by atoms with E-state index in [1.165, 1.54) is 29.7 Å². The van der Waals surface area contributed by atoms with Crippen LogP contribution in [0.4, 0.5) is 0 Å². The molecule has 0 aliphatic carbocycles. The Labute approximate surface area is 167 Å². The third-order valence-electron chi connectivity index (χ3n) is 5.37. The third kappa shape index (κ3) is 3.48. The number of nitrogens with zero attached hydrogens (tertiary/aromatic N) is 3. The molecular formula is C21H22N4O2S. The van der Waals surface area contributed by atoms with Crippen LogP contribution >= 0.6 is 11.3 Å². The van der Waals surface area contributed by atoms with Crippen LogP contribution in [0.5, 0.6) is 10.9 Å². The van der Waals surface area contributed by atoms with Gasteiger partial charge in [0.25, 0.3) is 5.19 Å². The number of likely N-dealkylation sites (tertiary alicyclic amines) is 1. The molecule has 1 aromatic carbocycles. The van der Waals surface area contributed by atoms with E-state index in [0.717, 1.165) is 41.1 Å². The van der Waals surface area contributed by atoms with Gasteiger partial charge in [0.2, 0.25) is 0 Å². The van der Waals surface area contributed by atoms with Crippen LogP contribution in [0.1, 0.15) is 18.4 Å². The summed E-state index contributed by atoms with van der Waals surface area (Å²) in [6.07, 6.45) is 6.01. The minimum absolute atomic E-state index is 0.590. The first-order valence-corrected chi connectivity index (χ1v) is 10.4. The van der Waals surface area contributed by atoms with Gasteiger partial charge in [0.05, 0.1) is 11.0 Å². The van der Waals surface area contributed by atoms with Gasteiger partial charge < -0.3 is 14.5 Å². The molecule has 0 saturated carbocycles. The minimum atomic E-state index is 0.590. The van der Waals surface area contributed by atoms with Gasteiger partial charge in [-0.05, 0) is 57.2 Å². The summed E-state index contributed by atoms with van der Waals surface area (Å²) in [6, 6.07) is 10.5. The largest absolute Gasteiger partial charge is 0.464 e. The lowest BCUT2D eigenvalue weighted by molar-refractivity contribution is 0.194. The summed E-state index contributed by atoms with van der Waals surface area (Å²) < 4.78 is 12.8. The maximum atomic E-state index is 5.94. The lowest BCUT2D eigenvalue weighted by Crippen LogP contribution is -2.40. The number of aromatic nitrogens is 2. The Morgan fingerprint density at radius 1 is 1.29 bits per heavy atom. The number of benzene rings is 1. The molecule has 4 heterocycles. The fourth-order valence-electron chi connectivity index (χ4n) is 3.76. The van der Waals surface area contributed by atoms with Crippen LogP contribution in [-0.2, 0) is 6.54 Å². The molecule has 1 saturated heterocycles. The molecule has 0 unspecified atom stereocenters. The zero-order chi connectivity index (χ0) is 18.9. The van der Waals surface area contributed by atoms with Gasteiger partial charge in [0.1, 0.15) is 11.3 Å². The van der Waals surface area contributed by atoms with Crippen molar-refractivity contribution < 1.29 is 9.15 Å². The number of furan rings is 1. The van der Waals surface area contributed by atoms with Crippen molar-refractivity contribution in [1.29, 1.82) is 0 Å². The Morgan fingerprint density at radius 2 is 2.18 bits per heavy atom. The summed E-state index contributed by atoms with van der Waals surface area (Å²) in [7, 11) is 2.05. The first-order chi connectivity index (χ1) is 13.8. The van der Waals surface area contributed by atoms with Gasteiger partial charge in [-0.1, -0.05) is 11.3 Å². The quantitative estimate of drug-likeness (QED) is 0.541. The van der Waals surface area contributed by atoms with Crippen molar-refractivity contribution in [3.63, 3.8) is 0 Å². The number of rotatable bonds is 5. The second-order valence-corrected chi connectivity index (χ2v) is 8.16. The number of fused-ring (bicyclic) bond motifs is 2. The van der Waals surface area contributed by atoms with Crippen LogP contribution in [0.25, 0.3) is 21.3 Å².